The maximum atomic E-state index is 13.1. The lowest BCUT2D eigenvalue weighted by molar-refractivity contribution is -0.0415. The van der Waals surface area contributed by atoms with Crippen LogP contribution in [-0.4, -0.2) is 12.5 Å². The number of piperidine rings is 1. The Kier molecular flexibility index (Phi) is 4.21. The van der Waals surface area contributed by atoms with Gasteiger partial charge < -0.3 is 5.32 Å². The standard InChI is InChI=1S/C11H12F3N.ClH/c12-9-3-1-8(2-4-9)10-7-11(13,14)5-6-15-10;/h1-4,10,15H,5-7H2;1H. The fraction of sp³-hybridized carbons (Fsp3) is 0.455. The molecule has 1 unspecified atom stereocenters. The van der Waals surface area contributed by atoms with E-state index >= 15 is 0 Å². The van der Waals surface area contributed by atoms with Crippen LogP contribution in [0.4, 0.5) is 13.2 Å². The van der Waals surface area contributed by atoms with Gasteiger partial charge in [-0.2, -0.15) is 0 Å². The molecule has 0 aliphatic carbocycles. The third-order valence-corrected chi connectivity index (χ3v) is 2.66. The van der Waals surface area contributed by atoms with Crippen LogP contribution in [0.2, 0.25) is 0 Å². The average molecular weight is 252 g/mol. The summed E-state index contributed by atoms with van der Waals surface area (Å²) < 4.78 is 38.8. The first kappa shape index (κ1) is 13.3. The van der Waals surface area contributed by atoms with Gasteiger partial charge in [-0.15, -0.1) is 12.4 Å². The highest BCUT2D eigenvalue weighted by molar-refractivity contribution is 5.85. The Morgan fingerprint density at radius 3 is 2.38 bits per heavy atom. The van der Waals surface area contributed by atoms with Gasteiger partial charge in [0.05, 0.1) is 0 Å². The molecule has 1 atom stereocenters. The van der Waals surface area contributed by atoms with Crippen LogP contribution in [0.25, 0.3) is 0 Å². The van der Waals surface area contributed by atoms with Gasteiger partial charge in [0.15, 0.2) is 0 Å². The molecule has 0 aromatic heterocycles. The fourth-order valence-corrected chi connectivity index (χ4v) is 1.83. The van der Waals surface area contributed by atoms with Crippen molar-refractivity contribution in [2.45, 2.75) is 24.8 Å². The molecule has 1 aliphatic rings. The number of benzene rings is 1. The summed E-state index contributed by atoms with van der Waals surface area (Å²) in [6.07, 6.45) is -0.330. The van der Waals surface area contributed by atoms with Crippen LogP contribution in [0.3, 0.4) is 0 Å². The van der Waals surface area contributed by atoms with Crippen molar-refractivity contribution in [1.82, 2.24) is 5.32 Å². The largest absolute Gasteiger partial charge is 0.310 e. The zero-order valence-corrected chi connectivity index (χ0v) is 9.37. The van der Waals surface area contributed by atoms with Gasteiger partial charge in [0, 0.05) is 25.4 Å². The predicted molar refractivity (Wildman–Crippen MR) is 58.6 cm³/mol. The van der Waals surface area contributed by atoms with Gasteiger partial charge in [-0.3, -0.25) is 0 Å². The third-order valence-electron chi connectivity index (χ3n) is 2.66. The highest BCUT2D eigenvalue weighted by atomic mass is 35.5. The molecule has 1 aromatic carbocycles. The van der Waals surface area contributed by atoms with Gasteiger partial charge in [-0.1, -0.05) is 12.1 Å². The number of halogens is 4. The van der Waals surface area contributed by atoms with E-state index in [9.17, 15) is 13.2 Å². The second-order valence-corrected chi connectivity index (χ2v) is 3.87. The number of alkyl halides is 2. The zero-order chi connectivity index (χ0) is 10.9. The second-order valence-electron chi connectivity index (χ2n) is 3.87. The molecule has 1 aromatic rings. The van der Waals surface area contributed by atoms with Gasteiger partial charge in [-0.25, -0.2) is 13.2 Å². The molecule has 0 saturated carbocycles. The minimum atomic E-state index is -2.61. The Balaban J connectivity index is 0.00000128. The van der Waals surface area contributed by atoms with Crippen molar-refractivity contribution in [3.05, 3.63) is 35.6 Å². The van der Waals surface area contributed by atoms with Crippen LogP contribution < -0.4 is 5.32 Å². The molecule has 90 valence electrons. The van der Waals surface area contributed by atoms with Gasteiger partial charge in [0.1, 0.15) is 5.82 Å². The Labute approximate surface area is 98.4 Å². The molecule has 1 N–H and O–H groups in total. The van der Waals surface area contributed by atoms with Crippen molar-refractivity contribution in [3.63, 3.8) is 0 Å². The molecule has 0 radical (unpaired) electrons. The van der Waals surface area contributed by atoms with E-state index in [0.29, 0.717) is 6.54 Å². The Morgan fingerprint density at radius 2 is 1.81 bits per heavy atom. The second kappa shape index (κ2) is 5.06. The molecular weight excluding hydrogens is 239 g/mol. The number of nitrogens with one attached hydrogen (secondary N) is 1. The lowest BCUT2D eigenvalue weighted by Gasteiger charge is -2.30. The van der Waals surface area contributed by atoms with Crippen molar-refractivity contribution < 1.29 is 13.2 Å². The highest BCUT2D eigenvalue weighted by Gasteiger charge is 2.36. The summed E-state index contributed by atoms with van der Waals surface area (Å²) in [5.41, 5.74) is 0.718. The van der Waals surface area contributed by atoms with E-state index in [1.165, 1.54) is 12.1 Å². The summed E-state index contributed by atoms with van der Waals surface area (Å²) in [6, 6.07) is 5.32. The zero-order valence-electron chi connectivity index (χ0n) is 8.55. The molecule has 2 rings (SSSR count). The van der Waals surface area contributed by atoms with Crippen molar-refractivity contribution >= 4 is 12.4 Å². The van der Waals surface area contributed by atoms with Crippen molar-refractivity contribution in [1.29, 1.82) is 0 Å². The van der Waals surface area contributed by atoms with E-state index in [0.717, 1.165) is 5.56 Å². The first-order chi connectivity index (χ1) is 7.07. The molecular formula is C11H13ClF3N. The smallest absolute Gasteiger partial charge is 0.251 e. The fourth-order valence-electron chi connectivity index (χ4n) is 1.83. The monoisotopic (exact) mass is 251 g/mol. The quantitative estimate of drug-likeness (QED) is 0.808. The lowest BCUT2D eigenvalue weighted by Crippen LogP contribution is -2.38. The SMILES string of the molecule is Cl.Fc1ccc(C2CC(F)(F)CCN2)cc1. The van der Waals surface area contributed by atoms with Crippen LogP contribution >= 0.6 is 12.4 Å². The minimum Gasteiger partial charge on any atom is -0.310 e. The number of hydrogen-bond donors (Lipinski definition) is 1. The number of rotatable bonds is 1. The Bertz CT molecular complexity index is 340. The summed E-state index contributed by atoms with van der Waals surface area (Å²) >= 11 is 0. The molecule has 1 fully saturated rings. The van der Waals surface area contributed by atoms with Crippen LogP contribution in [-0.2, 0) is 0 Å². The van der Waals surface area contributed by atoms with E-state index in [-0.39, 0.29) is 37.1 Å². The van der Waals surface area contributed by atoms with E-state index in [1.807, 2.05) is 0 Å². The summed E-state index contributed by atoms with van der Waals surface area (Å²) in [6.45, 7) is 0.301. The summed E-state index contributed by atoms with van der Waals surface area (Å²) in [5.74, 6) is -2.95. The molecule has 1 aliphatic heterocycles. The van der Waals surface area contributed by atoms with Gasteiger partial charge >= 0.3 is 0 Å². The first-order valence-electron chi connectivity index (χ1n) is 4.93. The summed E-state index contributed by atoms with van der Waals surface area (Å²) in [7, 11) is 0. The van der Waals surface area contributed by atoms with E-state index in [1.54, 1.807) is 12.1 Å². The van der Waals surface area contributed by atoms with Crippen LogP contribution in [0.5, 0.6) is 0 Å². The predicted octanol–water partition coefficient (Wildman–Crippen LogP) is 3.31. The molecule has 1 saturated heterocycles. The van der Waals surface area contributed by atoms with E-state index < -0.39 is 5.92 Å². The topological polar surface area (TPSA) is 12.0 Å². The Hall–Kier alpha value is -0.740. The highest BCUT2D eigenvalue weighted by Crippen LogP contribution is 2.34. The summed E-state index contributed by atoms with van der Waals surface area (Å²) in [5, 5.41) is 3.01. The van der Waals surface area contributed by atoms with Gasteiger partial charge in [0.2, 0.25) is 0 Å². The molecule has 0 bridgehead atoms. The van der Waals surface area contributed by atoms with Crippen molar-refractivity contribution in [2.24, 2.45) is 0 Å². The van der Waals surface area contributed by atoms with E-state index in [4.69, 9.17) is 0 Å². The molecule has 1 heterocycles. The van der Waals surface area contributed by atoms with Crippen LogP contribution in [0.15, 0.2) is 24.3 Å². The normalized spacial score (nSPS) is 23.6. The van der Waals surface area contributed by atoms with Crippen molar-refractivity contribution in [2.75, 3.05) is 6.54 Å². The third kappa shape index (κ3) is 3.12. The Morgan fingerprint density at radius 1 is 1.19 bits per heavy atom. The molecule has 0 amide bonds. The maximum Gasteiger partial charge on any atom is 0.251 e. The van der Waals surface area contributed by atoms with Crippen molar-refractivity contribution in [3.8, 4) is 0 Å². The number of hydrogen-bond acceptors (Lipinski definition) is 1. The average Bonchev–Trinajstić information content (AvgIpc) is 2.17. The van der Waals surface area contributed by atoms with Crippen LogP contribution in [0, 0.1) is 5.82 Å². The van der Waals surface area contributed by atoms with Gasteiger partial charge in [0.25, 0.3) is 5.92 Å². The molecule has 0 spiro atoms. The van der Waals surface area contributed by atoms with Crippen LogP contribution in [0.1, 0.15) is 24.4 Å². The summed E-state index contributed by atoms with van der Waals surface area (Å²) in [4.78, 5) is 0. The minimum absolute atomic E-state index is 0. The maximum absolute atomic E-state index is 13.1. The first-order valence-corrected chi connectivity index (χ1v) is 4.93. The molecule has 5 heteroatoms. The van der Waals surface area contributed by atoms with Gasteiger partial charge in [-0.05, 0) is 17.7 Å². The molecule has 1 nitrogen and oxygen atoms in total. The lowest BCUT2D eigenvalue weighted by atomic mass is 9.95. The van der Waals surface area contributed by atoms with E-state index in [2.05, 4.69) is 5.32 Å². The molecule has 16 heavy (non-hydrogen) atoms.